The molecule has 0 bridgehead atoms. The van der Waals surface area contributed by atoms with Crippen LogP contribution in [0.4, 0.5) is 0 Å². The van der Waals surface area contributed by atoms with Gasteiger partial charge in [0.1, 0.15) is 22.0 Å². The van der Waals surface area contributed by atoms with E-state index in [4.69, 9.17) is 4.42 Å². The van der Waals surface area contributed by atoms with Gasteiger partial charge >= 0.3 is 5.97 Å². The van der Waals surface area contributed by atoms with Gasteiger partial charge in [0, 0.05) is 18.0 Å². The first-order chi connectivity index (χ1) is 10.3. The lowest BCUT2D eigenvalue weighted by molar-refractivity contribution is 0.0691. The summed E-state index contributed by atoms with van der Waals surface area (Å²) in [6, 6.07) is 3.69. The average molecular weight is 343 g/mol. The van der Waals surface area contributed by atoms with Crippen molar-refractivity contribution in [1.29, 1.82) is 0 Å². The molecule has 2 aromatic heterocycles. The van der Waals surface area contributed by atoms with Crippen molar-refractivity contribution >= 4 is 27.3 Å². The van der Waals surface area contributed by atoms with E-state index in [0.717, 1.165) is 4.88 Å². The third-order valence-electron chi connectivity index (χ3n) is 3.28. The Morgan fingerprint density at radius 2 is 2.05 bits per heavy atom. The second kappa shape index (κ2) is 6.23. The van der Waals surface area contributed by atoms with Crippen LogP contribution in [0, 0.1) is 13.8 Å². The summed E-state index contributed by atoms with van der Waals surface area (Å²) >= 11 is 1.45. The SMILES string of the molecule is CCN(Cc1cccs1)S(=O)(=O)c1c(C)oc(C)c1C(=O)O. The number of carboxylic acid groups (broad SMARTS) is 1. The van der Waals surface area contributed by atoms with Crippen LogP contribution in [0.3, 0.4) is 0 Å². The summed E-state index contributed by atoms with van der Waals surface area (Å²) in [5.74, 6) is -1.12. The molecule has 8 heteroatoms. The van der Waals surface area contributed by atoms with Gasteiger partial charge in [-0.05, 0) is 25.3 Å². The van der Waals surface area contributed by atoms with Crippen molar-refractivity contribution in [2.45, 2.75) is 32.2 Å². The molecule has 6 nitrogen and oxygen atoms in total. The third-order valence-corrected chi connectivity index (χ3v) is 6.22. The van der Waals surface area contributed by atoms with Crippen LogP contribution in [0.2, 0.25) is 0 Å². The van der Waals surface area contributed by atoms with Crippen LogP contribution in [0.25, 0.3) is 0 Å². The summed E-state index contributed by atoms with van der Waals surface area (Å²) in [5.41, 5.74) is -0.290. The Hall–Kier alpha value is -1.64. The highest BCUT2D eigenvalue weighted by atomic mass is 32.2. The number of hydrogen-bond donors (Lipinski definition) is 1. The van der Waals surface area contributed by atoms with Crippen LogP contribution in [-0.2, 0) is 16.6 Å². The lowest BCUT2D eigenvalue weighted by Gasteiger charge is -2.19. The minimum absolute atomic E-state index is 0.0933. The van der Waals surface area contributed by atoms with Crippen molar-refractivity contribution in [3.63, 3.8) is 0 Å². The Labute approximate surface area is 133 Å². The number of sulfonamides is 1. The first-order valence-electron chi connectivity index (χ1n) is 6.64. The topological polar surface area (TPSA) is 87.8 Å². The monoisotopic (exact) mass is 343 g/mol. The predicted octanol–water partition coefficient (Wildman–Crippen LogP) is 2.87. The Bertz CT molecular complexity index is 775. The maximum absolute atomic E-state index is 12.9. The zero-order valence-electron chi connectivity index (χ0n) is 12.5. The van der Waals surface area contributed by atoms with Gasteiger partial charge in [0.05, 0.1) is 0 Å². The normalized spacial score (nSPS) is 12.0. The van der Waals surface area contributed by atoms with E-state index < -0.39 is 16.0 Å². The number of aryl methyl sites for hydroxylation is 2. The van der Waals surface area contributed by atoms with Gasteiger partial charge in [-0.15, -0.1) is 11.3 Å². The van der Waals surface area contributed by atoms with Crippen LogP contribution in [0.1, 0.15) is 33.7 Å². The highest BCUT2D eigenvalue weighted by Gasteiger charge is 2.34. The number of carboxylic acids is 1. The van der Waals surface area contributed by atoms with Gasteiger partial charge in [0.15, 0.2) is 0 Å². The number of furan rings is 1. The van der Waals surface area contributed by atoms with Gasteiger partial charge in [-0.1, -0.05) is 13.0 Å². The van der Waals surface area contributed by atoms with Gasteiger partial charge in [0.2, 0.25) is 10.0 Å². The van der Waals surface area contributed by atoms with Gasteiger partial charge < -0.3 is 9.52 Å². The smallest absolute Gasteiger partial charge is 0.340 e. The molecule has 1 N–H and O–H groups in total. The first kappa shape index (κ1) is 16.7. The molecular formula is C14H17NO5S2. The molecule has 0 radical (unpaired) electrons. The molecule has 0 aliphatic rings. The van der Waals surface area contributed by atoms with E-state index in [1.807, 2.05) is 17.5 Å². The molecule has 0 aromatic carbocycles. The van der Waals surface area contributed by atoms with Crippen LogP contribution >= 0.6 is 11.3 Å². The molecule has 0 aliphatic heterocycles. The van der Waals surface area contributed by atoms with Crippen LogP contribution in [-0.4, -0.2) is 30.3 Å². The molecule has 0 unspecified atom stereocenters. The molecule has 0 atom stereocenters. The number of nitrogens with zero attached hydrogens (tertiary/aromatic N) is 1. The van der Waals surface area contributed by atoms with E-state index in [9.17, 15) is 18.3 Å². The minimum atomic E-state index is -3.95. The number of carbonyl (C=O) groups is 1. The fourth-order valence-electron chi connectivity index (χ4n) is 2.29. The minimum Gasteiger partial charge on any atom is -0.478 e. The number of hydrogen-bond acceptors (Lipinski definition) is 5. The molecule has 0 aliphatic carbocycles. The number of rotatable bonds is 6. The molecule has 0 amide bonds. The third kappa shape index (κ3) is 2.94. The van der Waals surface area contributed by atoms with E-state index in [1.165, 1.54) is 29.5 Å². The molecule has 2 aromatic rings. The van der Waals surface area contributed by atoms with Crippen LogP contribution in [0.15, 0.2) is 26.8 Å². The predicted molar refractivity (Wildman–Crippen MR) is 82.7 cm³/mol. The van der Waals surface area contributed by atoms with Crippen LogP contribution in [0.5, 0.6) is 0 Å². The molecule has 0 fully saturated rings. The van der Waals surface area contributed by atoms with E-state index in [0.29, 0.717) is 0 Å². The fraction of sp³-hybridized carbons (Fsp3) is 0.357. The summed E-state index contributed by atoms with van der Waals surface area (Å²) in [6.07, 6.45) is 0. The largest absolute Gasteiger partial charge is 0.478 e. The van der Waals surface area contributed by atoms with Crippen molar-refractivity contribution in [2.75, 3.05) is 6.54 Å². The Morgan fingerprint density at radius 3 is 2.55 bits per heavy atom. The van der Waals surface area contributed by atoms with Crippen molar-refractivity contribution in [1.82, 2.24) is 4.31 Å². The molecule has 2 heterocycles. The molecular weight excluding hydrogens is 326 g/mol. The second-order valence-electron chi connectivity index (χ2n) is 4.73. The standard InChI is InChI=1S/C14H17NO5S2/c1-4-15(8-11-6-5-7-21-11)22(18,19)13-10(3)20-9(2)12(13)14(16)17/h5-7H,4,8H2,1-3H3,(H,16,17). The molecule has 120 valence electrons. The van der Waals surface area contributed by atoms with Crippen molar-refractivity contribution in [2.24, 2.45) is 0 Å². The lowest BCUT2D eigenvalue weighted by atomic mass is 10.2. The molecule has 0 saturated carbocycles. The number of aromatic carboxylic acids is 1. The van der Waals surface area contributed by atoms with Crippen molar-refractivity contribution in [3.8, 4) is 0 Å². The Kier molecular flexibility index (Phi) is 4.74. The van der Waals surface area contributed by atoms with E-state index in [-0.39, 0.29) is 35.1 Å². The van der Waals surface area contributed by atoms with E-state index >= 15 is 0 Å². The summed E-state index contributed by atoms with van der Waals surface area (Å²) < 4.78 is 32.2. The van der Waals surface area contributed by atoms with E-state index in [2.05, 4.69) is 0 Å². The van der Waals surface area contributed by atoms with Gasteiger partial charge in [-0.3, -0.25) is 0 Å². The van der Waals surface area contributed by atoms with Crippen molar-refractivity contribution in [3.05, 3.63) is 39.5 Å². The van der Waals surface area contributed by atoms with Gasteiger partial charge in [-0.25, -0.2) is 13.2 Å². The maximum atomic E-state index is 12.9. The van der Waals surface area contributed by atoms with E-state index in [1.54, 1.807) is 6.92 Å². The molecule has 0 saturated heterocycles. The Morgan fingerprint density at radius 1 is 1.36 bits per heavy atom. The molecule has 0 spiro atoms. The Balaban J connectivity index is 2.51. The fourth-order valence-corrected chi connectivity index (χ4v) is 4.90. The van der Waals surface area contributed by atoms with Gasteiger partial charge in [0.25, 0.3) is 0 Å². The molecule has 22 heavy (non-hydrogen) atoms. The highest BCUT2D eigenvalue weighted by Crippen LogP contribution is 2.30. The summed E-state index contributed by atoms with van der Waals surface area (Å²) in [6.45, 7) is 5.08. The molecule has 2 rings (SSSR count). The average Bonchev–Trinajstić information content (AvgIpc) is 3.02. The van der Waals surface area contributed by atoms with Gasteiger partial charge in [-0.2, -0.15) is 4.31 Å². The maximum Gasteiger partial charge on any atom is 0.340 e. The van der Waals surface area contributed by atoms with Crippen molar-refractivity contribution < 1.29 is 22.7 Å². The zero-order valence-corrected chi connectivity index (χ0v) is 14.1. The quantitative estimate of drug-likeness (QED) is 0.871. The number of thiophene rings is 1. The zero-order chi connectivity index (χ0) is 16.5. The summed E-state index contributed by atoms with van der Waals surface area (Å²) in [4.78, 5) is 12.0. The summed E-state index contributed by atoms with van der Waals surface area (Å²) in [7, 11) is -3.95. The second-order valence-corrected chi connectivity index (χ2v) is 7.64. The highest BCUT2D eigenvalue weighted by molar-refractivity contribution is 7.89. The summed E-state index contributed by atoms with van der Waals surface area (Å²) in [5, 5.41) is 11.2. The first-order valence-corrected chi connectivity index (χ1v) is 8.96. The lowest BCUT2D eigenvalue weighted by Crippen LogP contribution is -2.31. The van der Waals surface area contributed by atoms with Crippen LogP contribution < -0.4 is 0 Å².